The number of benzene rings is 3. The van der Waals surface area contributed by atoms with Crippen LogP contribution < -0.4 is 10.2 Å². The van der Waals surface area contributed by atoms with E-state index in [9.17, 15) is 0 Å². The van der Waals surface area contributed by atoms with E-state index in [1.54, 1.807) is 0 Å². The highest BCUT2D eigenvalue weighted by Gasteiger charge is 2.37. The Morgan fingerprint density at radius 3 is 2.48 bits per heavy atom. The van der Waals surface area contributed by atoms with Crippen LogP contribution in [0.25, 0.3) is 21.9 Å². The molecule has 3 aromatic carbocycles. The Morgan fingerprint density at radius 2 is 1.60 bits per heavy atom. The molecule has 1 aromatic heterocycles. The summed E-state index contributed by atoms with van der Waals surface area (Å²) in [5.74, 6) is 0. The highest BCUT2D eigenvalue weighted by molar-refractivity contribution is 6.15. The molecule has 0 saturated heterocycles. The topological polar surface area (TPSA) is 28.4 Å². The lowest BCUT2D eigenvalue weighted by Gasteiger charge is -2.34. The molecular weight excluding hydrogens is 308 g/mol. The van der Waals surface area contributed by atoms with E-state index in [-0.39, 0.29) is 5.41 Å². The third-order valence-corrected chi connectivity index (χ3v) is 5.87. The van der Waals surface area contributed by atoms with Crippen LogP contribution >= 0.6 is 0 Å². The van der Waals surface area contributed by atoms with Gasteiger partial charge in [-0.05, 0) is 35.4 Å². The van der Waals surface area contributed by atoms with Crippen molar-refractivity contribution in [2.24, 2.45) is 0 Å². The van der Waals surface area contributed by atoms with Crippen molar-refractivity contribution in [2.75, 3.05) is 16.9 Å². The summed E-state index contributed by atoms with van der Waals surface area (Å²) >= 11 is 0. The third-order valence-electron chi connectivity index (χ3n) is 5.87. The summed E-state index contributed by atoms with van der Waals surface area (Å²) in [5.41, 5.74) is 8.23. The molecule has 0 fully saturated rings. The fourth-order valence-corrected chi connectivity index (χ4v) is 4.67. The second-order valence-corrected chi connectivity index (χ2v) is 7.52. The molecule has 3 nitrogen and oxygen atoms in total. The maximum Gasteiger partial charge on any atom is 0.137 e. The van der Waals surface area contributed by atoms with Gasteiger partial charge in [-0.3, -0.25) is 0 Å². The average Bonchev–Trinajstić information content (AvgIpc) is 3.21. The number of nitrogens with one attached hydrogen (secondary N) is 1. The fourth-order valence-electron chi connectivity index (χ4n) is 4.67. The lowest BCUT2D eigenvalue weighted by Crippen LogP contribution is -2.25. The molecule has 122 valence electrons. The van der Waals surface area contributed by atoms with E-state index in [1.807, 2.05) is 0 Å². The van der Waals surface area contributed by atoms with Gasteiger partial charge in [-0.15, -0.1) is 0 Å². The zero-order valence-electron chi connectivity index (χ0n) is 14.3. The first-order valence-corrected chi connectivity index (χ1v) is 8.76. The maximum atomic E-state index is 6.22. The number of hydrogen-bond acceptors (Lipinski definition) is 3. The summed E-state index contributed by atoms with van der Waals surface area (Å²) in [6.07, 6.45) is 0. The summed E-state index contributed by atoms with van der Waals surface area (Å²) in [4.78, 5) is 2.40. The summed E-state index contributed by atoms with van der Waals surface area (Å²) in [6.45, 7) is 5.43. The van der Waals surface area contributed by atoms with E-state index in [0.29, 0.717) is 0 Å². The lowest BCUT2D eigenvalue weighted by molar-refractivity contribution is 0.643. The molecule has 0 spiro atoms. The van der Waals surface area contributed by atoms with E-state index in [0.717, 1.165) is 17.8 Å². The van der Waals surface area contributed by atoms with Crippen molar-refractivity contribution in [3.63, 3.8) is 0 Å². The van der Waals surface area contributed by atoms with Crippen molar-refractivity contribution in [1.29, 1.82) is 0 Å². The van der Waals surface area contributed by atoms with E-state index in [2.05, 4.69) is 78.7 Å². The van der Waals surface area contributed by atoms with Gasteiger partial charge >= 0.3 is 0 Å². The molecule has 0 amide bonds. The van der Waals surface area contributed by atoms with Gasteiger partial charge in [0.2, 0.25) is 0 Å². The lowest BCUT2D eigenvalue weighted by atomic mass is 9.74. The van der Waals surface area contributed by atoms with Gasteiger partial charge in [0.15, 0.2) is 0 Å². The van der Waals surface area contributed by atoms with Gasteiger partial charge in [0.05, 0.1) is 29.1 Å². The SMILES string of the molecule is CC1(C)c2cccc3c2N(CN3)c2cccc3oc4cccc1c4c23. The Kier molecular flexibility index (Phi) is 2.23. The molecule has 6 rings (SSSR count). The number of para-hydroxylation sites is 1. The van der Waals surface area contributed by atoms with Crippen molar-refractivity contribution in [1.82, 2.24) is 0 Å². The highest BCUT2D eigenvalue weighted by atomic mass is 16.3. The Morgan fingerprint density at radius 1 is 0.880 bits per heavy atom. The van der Waals surface area contributed by atoms with Crippen LogP contribution in [0.3, 0.4) is 0 Å². The first-order valence-electron chi connectivity index (χ1n) is 8.76. The first kappa shape index (κ1) is 13.4. The first-order chi connectivity index (χ1) is 12.2. The molecule has 0 aliphatic carbocycles. The van der Waals surface area contributed by atoms with Crippen molar-refractivity contribution in [2.45, 2.75) is 19.3 Å². The molecule has 0 bridgehead atoms. The molecular formula is C22H18N2O. The minimum absolute atomic E-state index is 0.112. The van der Waals surface area contributed by atoms with Gasteiger partial charge in [-0.2, -0.15) is 0 Å². The van der Waals surface area contributed by atoms with Crippen LogP contribution in [0.1, 0.15) is 25.0 Å². The molecule has 2 aliphatic rings. The second-order valence-electron chi connectivity index (χ2n) is 7.52. The van der Waals surface area contributed by atoms with E-state index < -0.39 is 0 Å². The van der Waals surface area contributed by atoms with Gasteiger partial charge in [0.25, 0.3) is 0 Å². The molecule has 1 N–H and O–H groups in total. The van der Waals surface area contributed by atoms with Crippen molar-refractivity contribution < 1.29 is 4.42 Å². The molecule has 3 heteroatoms. The van der Waals surface area contributed by atoms with Gasteiger partial charge in [0, 0.05) is 10.8 Å². The number of fused-ring (bicyclic) bond motifs is 1. The van der Waals surface area contributed by atoms with E-state index in [4.69, 9.17) is 4.42 Å². The molecule has 2 aliphatic heterocycles. The number of hydrogen-bond donors (Lipinski definition) is 1. The molecule has 0 radical (unpaired) electrons. The normalized spacial score (nSPS) is 16.8. The quantitative estimate of drug-likeness (QED) is 0.446. The van der Waals surface area contributed by atoms with Crippen molar-refractivity contribution in [3.05, 3.63) is 65.7 Å². The minimum Gasteiger partial charge on any atom is -0.456 e. The molecule has 0 atom stereocenters. The summed E-state index contributed by atoms with van der Waals surface area (Å²) in [5, 5.41) is 6.04. The third kappa shape index (κ3) is 1.47. The maximum absolute atomic E-state index is 6.22. The standard InChI is InChI=1S/C22H18N2O/c1-22(2)13-6-4-10-17-19(13)20-16(9-5-11-18(20)25-17)24-12-23-15-8-3-7-14(22)21(15)24/h3-11,23H,12H2,1-2H3. The second kappa shape index (κ2) is 4.17. The minimum atomic E-state index is -0.112. The van der Waals surface area contributed by atoms with E-state index in [1.165, 1.54) is 39.0 Å². The van der Waals surface area contributed by atoms with Gasteiger partial charge < -0.3 is 14.6 Å². The number of rotatable bonds is 0. The Bertz CT molecular complexity index is 1190. The number of furan rings is 1. The molecule has 25 heavy (non-hydrogen) atoms. The smallest absolute Gasteiger partial charge is 0.137 e. The van der Waals surface area contributed by atoms with Gasteiger partial charge in [-0.25, -0.2) is 0 Å². The summed E-state index contributed by atoms with van der Waals surface area (Å²) < 4.78 is 6.22. The number of anilines is 3. The molecule has 4 aromatic rings. The molecule has 3 heterocycles. The monoisotopic (exact) mass is 326 g/mol. The summed E-state index contributed by atoms with van der Waals surface area (Å²) in [7, 11) is 0. The molecule has 0 unspecified atom stereocenters. The largest absolute Gasteiger partial charge is 0.456 e. The molecule has 0 saturated carbocycles. The van der Waals surface area contributed by atoms with Crippen LogP contribution in [0.5, 0.6) is 0 Å². The van der Waals surface area contributed by atoms with Crippen molar-refractivity contribution >= 4 is 39.0 Å². The van der Waals surface area contributed by atoms with Gasteiger partial charge in [-0.1, -0.05) is 44.2 Å². The fraction of sp³-hybridized carbons (Fsp3) is 0.182. The van der Waals surface area contributed by atoms with Gasteiger partial charge in [0.1, 0.15) is 11.2 Å². The zero-order chi connectivity index (χ0) is 16.8. The van der Waals surface area contributed by atoms with Crippen LogP contribution in [-0.2, 0) is 5.41 Å². The van der Waals surface area contributed by atoms with Crippen molar-refractivity contribution in [3.8, 4) is 0 Å². The number of nitrogens with zero attached hydrogens (tertiary/aromatic N) is 1. The summed E-state index contributed by atoms with van der Waals surface area (Å²) in [6, 6.07) is 19.4. The van der Waals surface area contributed by atoms with E-state index >= 15 is 0 Å². The van der Waals surface area contributed by atoms with Crippen LogP contribution in [0, 0.1) is 0 Å². The zero-order valence-corrected chi connectivity index (χ0v) is 14.3. The van der Waals surface area contributed by atoms with Crippen LogP contribution in [0.4, 0.5) is 17.1 Å². The Labute approximate surface area is 145 Å². The average molecular weight is 326 g/mol. The Balaban J connectivity index is 1.91. The van der Waals surface area contributed by atoms with Crippen LogP contribution in [0.15, 0.2) is 59.0 Å². The predicted molar refractivity (Wildman–Crippen MR) is 103 cm³/mol. The van der Waals surface area contributed by atoms with Crippen LogP contribution in [0.2, 0.25) is 0 Å². The Hall–Kier alpha value is -2.94. The highest BCUT2D eigenvalue weighted by Crippen LogP contribution is 2.52. The van der Waals surface area contributed by atoms with Crippen LogP contribution in [-0.4, -0.2) is 6.67 Å². The predicted octanol–water partition coefficient (Wildman–Crippen LogP) is 5.75.